The van der Waals surface area contributed by atoms with E-state index in [0.29, 0.717) is 31.1 Å². The fraction of sp³-hybridized carbons (Fsp3) is 0.444. The van der Waals surface area contributed by atoms with Crippen LogP contribution in [0.4, 0.5) is 4.79 Å². The van der Waals surface area contributed by atoms with Crippen molar-refractivity contribution in [2.24, 2.45) is 5.10 Å². The second kappa shape index (κ2) is 12.4. The van der Waals surface area contributed by atoms with E-state index in [1.807, 2.05) is 31.2 Å². The first kappa shape index (κ1) is 27.0. The maximum absolute atomic E-state index is 13.6. The number of benzene rings is 2. The fourth-order valence-electron chi connectivity index (χ4n) is 4.11. The van der Waals surface area contributed by atoms with Crippen molar-refractivity contribution in [3.8, 4) is 11.5 Å². The van der Waals surface area contributed by atoms with Gasteiger partial charge >= 0.3 is 6.03 Å². The summed E-state index contributed by atoms with van der Waals surface area (Å²) < 4.78 is 16.0. The number of urea groups is 1. The summed E-state index contributed by atoms with van der Waals surface area (Å²) in [5.41, 5.74) is 5.00. The predicted molar refractivity (Wildman–Crippen MR) is 139 cm³/mol. The van der Waals surface area contributed by atoms with Crippen molar-refractivity contribution in [1.29, 1.82) is 0 Å². The van der Waals surface area contributed by atoms with Gasteiger partial charge in [-0.2, -0.15) is 5.10 Å². The zero-order valence-electron chi connectivity index (χ0n) is 22.0. The normalized spacial score (nSPS) is 14.9. The van der Waals surface area contributed by atoms with E-state index in [4.69, 9.17) is 19.3 Å². The topological polar surface area (TPSA) is 92.7 Å². The van der Waals surface area contributed by atoms with Crippen LogP contribution in [-0.2, 0) is 9.53 Å². The van der Waals surface area contributed by atoms with Gasteiger partial charge in [-0.25, -0.2) is 9.80 Å². The molecule has 1 unspecified atom stereocenters. The molecule has 0 bridgehead atoms. The van der Waals surface area contributed by atoms with Gasteiger partial charge in [0.15, 0.2) is 11.5 Å². The van der Waals surface area contributed by atoms with E-state index in [1.165, 1.54) is 15.5 Å². The lowest BCUT2D eigenvalue weighted by molar-refractivity contribution is -0.133. The highest BCUT2D eigenvalue weighted by Crippen LogP contribution is 2.37. The number of carbonyl (C=O) groups excluding carboxylic acids is 2. The largest absolute Gasteiger partial charge is 0.493 e. The summed E-state index contributed by atoms with van der Waals surface area (Å²) in [7, 11) is 4.72. The highest BCUT2D eigenvalue weighted by Gasteiger charge is 2.35. The SMILES string of the molecule is CCNC(=O)N(CCOC)CC(=O)N1N=C(c2ccc(C)c(C)c2)CC1c1ccc(OC)c(OC)c1. The minimum Gasteiger partial charge on any atom is -0.493 e. The van der Waals surface area contributed by atoms with Crippen molar-refractivity contribution in [2.75, 3.05) is 47.6 Å². The standard InChI is InChI=1S/C27H36N4O5/c1-7-28-27(33)30(12-13-34-4)17-26(32)31-23(21-10-11-24(35-5)25(15-21)36-6)16-22(29-31)20-9-8-18(2)19(3)14-20/h8-11,14-15,23H,7,12-13,16-17H2,1-6H3,(H,28,33). The molecule has 1 aliphatic rings. The fourth-order valence-corrected chi connectivity index (χ4v) is 4.11. The molecule has 0 saturated heterocycles. The second-order valence-electron chi connectivity index (χ2n) is 8.67. The van der Waals surface area contributed by atoms with Crippen LogP contribution in [0.25, 0.3) is 0 Å². The summed E-state index contributed by atoms with van der Waals surface area (Å²) in [4.78, 5) is 27.6. The minimum atomic E-state index is -0.354. The van der Waals surface area contributed by atoms with Gasteiger partial charge in [0.1, 0.15) is 6.54 Å². The quantitative estimate of drug-likeness (QED) is 0.542. The van der Waals surface area contributed by atoms with E-state index >= 15 is 0 Å². The van der Waals surface area contributed by atoms with Crippen LogP contribution in [0.2, 0.25) is 0 Å². The summed E-state index contributed by atoms with van der Waals surface area (Å²) in [6.45, 7) is 6.91. The molecular formula is C27H36N4O5. The molecule has 1 aliphatic heterocycles. The molecule has 9 heteroatoms. The molecule has 1 atom stereocenters. The Kier molecular flexibility index (Phi) is 9.30. The van der Waals surface area contributed by atoms with Gasteiger partial charge in [-0.1, -0.05) is 18.2 Å². The van der Waals surface area contributed by atoms with E-state index in [0.717, 1.165) is 22.4 Å². The molecule has 1 N–H and O–H groups in total. The molecule has 9 nitrogen and oxygen atoms in total. The van der Waals surface area contributed by atoms with Gasteiger partial charge in [0.05, 0.1) is 32.6 Å². The number of hydrogen-bond acceptors (Lipinski definition) is 6. The molecule has 0 spiro atoms. The number of aryl methyl sites for hydroxylation is 2. The van der Waals surface area contributed by atoms with Crippen molar-refractivity contribution >= 4 is 17.6 Å². The van der Waals surface area contributed by atoms with Crippen LogP contribution in [0.1, 0.15) is 41.6 Å². The van der Waals surface area contributed by atoms with Crippen LogP contribution in [0.5, 0.6) is 11.5 Å². The van der Waals surface area contributed by atoms with Gasteiger partial charge < -0.3 is 24.4 Å². The number of amides is 3. The van der Waals surface area contributed by atoms with Gasteiger partial charge in [-0.3, -0.25) is 4.79 Å². The molecular weight excluding hydrogens is 460 g/mol. The maximum Gasteiger partial charge on any atom is 0.317 e. The number of hydrogen-bond donors (Lipinski definition) is 1. The Morgan fingerprint density at radius 3 is 2.44 bits per heavy atom. The number of carbonyl (C=O) groups is 2. The number of methoxy groups -OCH3 is 3. The van der Waals surface area contributed by atoms with Crippen molar-refractivity contribution in [3.05, 3.63) is 58.7 Å². The highest BCUT2D eigenvalue weighted by molar-refractivity contribution is 6.03. The number of rotatable bonds is 10. The molecule has 1 heterocycles. The van der Waals surface area contributed by atoms with E-state index in [2.05, 4.69) is 31.3 Å². The number of nitrogens with zero attached hydrogens (tertiary/aromatic N) is 3. The third-order valence-electron chi connectivity index (χ3n) is 6.31. The van der Waals surface area contributed by atoms with Crippen LogP contribution in [0.15, 0.2) is 41.5 Å². The van der Waals surface area contributed by atoms with Gasteiger partial charge in [0, 0.05) is 26.6 Å². The van der Waals surface area contributed by atoms with E-state index in [9.17, 15) is 9.59 Å². The number of ether oxygens (including phenoxy) is 3. The maximum atomic E-state index is 13.6. The van der Waals surface area contributed by atoms with Gasteiger partial charge in [-0.15, -0.1) is 0 Å². The third kappa shape index (κ3) is 6.15. The number of nitrogens with one attached hydrogen (secondary N) is 1. The van der Waals surface area contributed by atoms with Crippen LogP contribution < -0.4 is 14.8 Å². The Bertz CT molecular complexity index is 1120. The number of hydrazone groups is 1. The average molecular weight is 497 g/mol. The van der Waals surface area contributed by atoms with Crippen LogP contribution >= 0.6 is 0 Å². The molecule has 3 amide bonds. The van der Waals surface area contributed by atoms with Gasteiger partial charge in [0.2, 0.25) is 0 Å². The van der Waals surface area contributed by atoms with Crippen LogP contribution in [0, 0.1) is 13.8 Å². The highest BCUT2D eigenvalue weighted by atomic mass is 16.5. The van der Waals surface area contributed by atoms with Crippen LogP contribution in [0.3, 0.4) is 0 Å². The van der Waals surface area contributed by atoms with E-state index < -0.39 is 0 Å². The molecule has 2 aromatic carbocycles. The van der Waals surface area contributed by atoms with E-state index in [1.54, 1.807) is 21.3 Å². The van der Waals surface area contributed by atoms with Crippen molar-refractivity contribution in [2.45, 2.75) is 33.2 Å². The lowest BCUT2D eigenvalue weighted by Crippen LogP contribution is -2.47. The zero-order valence-corrected chi connectivity index (χ0v) is 22.0. The Morgan fingerprint density at radius 2 is 1.81 bits per heavy atom. The van der Waals surface area contributed by atoms with Gasteiger partial charge in [-0.05, 0) is 61.2 Å². The molecule has 194 valence electrons. The molecule has 0 aliphatic carbocycles. The molecule has 0 aromatic heterocycles. The summed E-state index contributed by atoms with van der Waals surface area (Å²) in [5, 5.41) is 9.01. The zero-order chi connectivity index (χ0) is 26.2. The lowest BCUT2D eigenvalue weighted by atomic mass is 9.96. The molecule has 3 rings (SSSR count). The monoisotopic (exact) mass is 496 g/mol. The summed E-state index contributed by atoms with van der Waals surface area (Å²) in [6.07, 6.45) is 0.531. The molecule has 0 saturated carbocycles. The second-order valence-corrected chi connectivity index (χ2v) is 8.67. The Labute approximate surface area is 213 Å². The van der Waals surface area contributed by atoms with Crippen molar-refractivity contribution < 1.29 is 23.8 Å². The predicted octanol–water partition coefficient (Wildman–Crippen LogP) is 3.68. The summed E-state index contributed by atoms with van der Waals surface area (Å²) in [5.74, 6) is 0.899. The molecule has 0 fully saturated rings. The molecule has 36 heavy (non-hydrogen) atoms. The van der Waals surface area contributed by atoms with Crippen LogP contribution in [-0.4, -0.2) is 75.1 Å². The molecule has 0 radical (unpaired) electrons. The molecule has 2 aromatic rings. The van der Waals surface area contributed by atoms with E-state index in [-0.39, 0.29) is 31.1 Å². The Balaban J connectivity index is 1.97. The third-order valence-corrected chi connectivity index (χ3v) is 6.31. The Morgan fingerprint density at radius 1 is 1.06 bits per heavy atom. The minimum absolute atomic E-state index is 0.122. The Hall–Kier alpha value is -3.59. The van der Waals surface area contributed by atoms with Crippen molar-refractivity contribution in [3.63, 3.8) is 0 Å². The average Bonchev–Trinajstić information content (AvgIpc) is 3.33. The van der Waals surface area contributed by atoms with Gasteiger partial charge in [0.25, 0.3) is 5.91 Å². The van der Waals surface area contributed by atoms with Crippen molar-refractivity contribution in [1.82, 2.24) is 15.2 Å². The summed E-state index contributed by atoms with van der Waals surface area (Å²) in [6, 6.07) is 11.1. The first-order valence-corrected chi connectivity index (χ1v) is 12.0. The summed E-state index contributed by atoms with van der Waals surface area (Å²) >= 11 is 0. The lowest BCUT2D eigenvalue weighted by Gasteiger charge is -2.27. The first-order valence-electron chi connectivity index (χ1n) is 12.0. The smallest absolute Gasteiger partial charge is 0.317 e. The first-order chi connectivity index (χ1) is 17.3.